The molecule has 0 N–H and O–H groups in total. The van der Waals surface area contributed by atoms with Crippen molar-refractivity contribution in [2.24, 2.45) is 7.05 Å². The van der Waals surface area contributed by atoms with Crippen molar-refractivity contribution >= 4 is 49.6 Å². The number of halogens is 2. The van der Waals surface area contributed by atoms with Crippen LogP contribution in [0.25, 0.3) is 22.1 Å². The van der Waals surface area contributed by atoms with Crippen molar-refractivity contribution in [1.29, 1.82) is 0 Å². The van der Waals surface area contributed by atoms with Crippen molar-refractivity contribution in [3.8, 4) is 0 Å². The smallest absolute Gasteiger partial charge is 0.309 e. The highest BCUT2D eigenvalue weighted by Crippen LogP contribution is 2.18. The maximum Gasteiger partial charge on any atom is 0.332 e. The third-order valence-electron chi connectivity index (χ3n) is 5.16. The molecule has 0 amide bonds. The molecule has 0 spiro atoms. The molecule has 4 rings (SSSR count). The molecule has 0 aliphatic rings. The highest BCUT2D eigenvalue weighted by molar-refractivity contribution is 9.10. The molecule has 0 aliphatic carbocycles. The Balaban J connectivity index is 1.89. The van der Waals surface area contributed by atoms with Gasteiger partial charge < -0.3 is 4.57 Å². The summed E-state index contributed by atoms with van der Waals surface area (Å²) in [6.07, 6.45) is 1.92. The van der Waals surface area contributed by atoms with Crippen LogP contribution in [0.2, 0.25) is 0 Å². The van der Waals surface area contributed by atoms with Gasteiger partial charge in [0.2, 0.25) is 0 Å². The molecule has 0 bridgehead atoms. The number of rotatable bonds is 5. The zero-order chi connectivity index (χ0) is 22.3. The second-order valence-electron chi connectivity index (χ2n) is 7.32. The van der Waals surface area contributed by atoms with Crippen LogP contribution in [0, 0.1) is 6.92 Å². The molecule has 160 valence electrons. The van der Waals surface area contributed by atoms with Crippen LogP contribution in [0.1, 0.15) is 18.4 Å². The van der Waals surface area contributed by atoms with Gasteiger partial charge in [0.15, 0.2) is 15.9 Å². The summed E-state index contributed by atoms with van der Waals surface area (Å²) in [5.74, 6) is 0.795. The fraction of sp³-hybridized carbons (Fsp3) is 0.286. The molecule has 3 aromatic heterocycles. The highest BCUT2D eigenvalue weighted by atomic mass is 79.9. The van der Waals surface area contributed by atoms with Crippen LogP contribution in [0.3, 0.4) is 0 Å². The lowest BCUT2D eigenvalue weighted by Gasteiger charge is -2.10. The van der Waals surface area contributed by atoms with Gasteiger partial charge in [-0.2, -0.15) is 0 Å². The van der Waals surface area contributed by atoms with Gasteiger partial charge >= 0.3 is 5.69 Å². The maximum absolute atomic E-state index is 13.4. The number of benzene rings is 1. The van der Waals surface area contributed by atoms with E-state index >= 15 is 0 Å². The maximum atomic E-state index is 13.4. The second-order valence-corrected chi connectivity index (χ2v) is 8.30. The fourth-order valence-electron chi connectivity index (χ4n) is 3.46. The van der Waals surface area contributed by atoms with Crippen molar-refractivity contribution in [2.75, 3.05) is 5.88 Å². The molecule has 3 heterocycles. The van der Waals surface area contributed by atoms with E-state index in [9.17, 15) is 9.59 Å². The zero-order valence-corrected chi connectivity index (χ0v) is 19.6. The van der Waals surface area contributed by atoms with Gasteiger partial charge in [-0.05, 0) is 35.8 Å². The molecule has 0 radical (unpaired) electrons. The normalized spacial score (nSPS) is 12.2. The summed E-state index contributed by atoms with van der Waals surface area (Å²) in [4.78, 5) is 39.8. The van der Waals surface area contributed by atoms with Crippen molar-refractivity contribution < 1.29 is 0 Å². The Labute approximate surface area is 191 Å². The lowest BCUT2D eigenvalue weighted by Crippen LogP contribution is -2.40. The van der Waals surface area contributed by atoms with Gasteiger partial charge in [0.25, 0.3) is 5.56 Å². The standard InChI is InChI=1S/C21H20BrClN6O2/c1-12(10-23)8-9-28-17-18(26-20(28)22)27(3)21(31)29(19(17)30)11-16-24-13(2)14-6-4-5-7-15(14)25-16/h4-8H,9-11H2,1-3H3/b12-8-. The van der Waals surface area contributed by atoms with Crippen LogP contribution in [0.4, 0.5) is 0 Å². The number of hydrogen-bond acceptors (Lipinski definition) is 5. The van der Waals surface area contributed by atoms with E-state index in [0.717, 1.165) is 26.7 Å². The van der Waals surface area contributed by atoms with E-state index in [0.29, 0.717) is 34.1 Å². The number of fused-ring (bicyclic) bond motifs is 2. The number of para-hydroxylation sites is 1. The van der Waals surface area contributed by atoms with Gasteiger partial charge in [-0.3, -0.25) is 13.9 Å². The van der Waals surface area contributed by atoms with Crippen molar-refractivity contribution in [3.05, 3.63) is 73.0 Å². The van der Waals surface area contributed by atoms with Gasteiger partial charge in [-0.25, -0.2) is 19.7 Å². The predicted molar refractivity (Wildman–Crippen MR) is 125 cm³/mol. The van der Waals surface area contributed by atoms with Crippen molar-refractivity contribution in [3.63, 3.8) is 0 Å². The number of nitrogens with zero attached hydrogens (tertiary/aromatic N) is 6. The fourth-order valence-corrected chi connectivity index (χ4v) is 4.06. The Morgan fingerprint density at radius 2 is 1.90 bits per heavy atom. The Bertz CT molecular complexity index is 1470. The molecular formula is C21H20BrClN6O2. The topological polar surface area (TPSA) is 87.6 Å². The molecule has 10 heteroatoms. The number of aryl methyl sites for hydroxylation is 2. The highest BCUT2D eigenvalue weighted by Gasteiger charge is 2.20. The number of aromatic nitrogens is 6. The van der Waals surface area contributed by atoms with Crippen LogP contribution < -0.4 is 11.2 Å². The van der Waals surface area contributed by atoms with Crippen LogP contribution in [0.5, 0.6) is 0 Å². The third-order valence-corrected chi connectivity index (χ3v) is 6.19. The predicted octanol–water partition coefficient (Wildman–Crippen LogP) is 3.14. The van der Waals surface area contributed by atoms with Gasteiger partial charge in [0.1, 0.15) is 5.82 Å². The molecule has 0 saturated heterocycles. The van der Waals surface area contributed by atoms with E-state index in [2.05, 4.69) is 30.9 Å². The Hall–Kier alpha value is -2.78. The van der Waals surface area contributed by atoms with Crippen molar-refractivity contribution in [2.45, 2.75) is 26.9 Å². The lowest BCUT2D eigenvalue weighted by atomic mass is 10.2. The van der Waals surface area contributed by atoms with Gasteiger partial charge in [-0.1, -0.05) is 29.8 Å². The summed E-state index contributed by atoms with van der Waals surface area (Å²) in [5.41, 5.74) is 2.25. The van der Waals surface area contributed by atoms with E-state index in [4.69, 9.17) is 11.6 Å². The lowest BCUT2D eigenvalue weighted by molar-refractivity contribution is 0.632. The van der Waals surface area contributed by atoms with E-state index in [-0.39, 0.29) is 6.54 Å². The summed E-state index contributed by atoms with van der Waals surface area (Å²) in [6, 6.07) is 7.64. The summed E-state index contributed by atoms with van der Waals surface area (Å²) >= 11 is 9.27. The van der Waals surface area contributed by atoms with Crippen LogP contribution in [-0.4, -0.2) is 34.5 Å². The molecule has 4 aromatic rings. The third kappa shape index (κ3) is 3.83. The molecule has 8 nitrogen and oxygen atoms in total. The molecular weight excluding hydrogens is 484 g/mol. The minimum absolute atomic E-state index is 0.0353. The first kappa shape index (κ1) is 21.5. The number of allylic oxidation sites excluding steroid dienone is 2. The Kier molecular flexibility index (Phi) is 5.81. The summed E-state index contributed by atoms with van der Waals surface area (Å²) < 4.78 is 4.69. The minimum atomic E-state index is -0.475. The SMILES string of the molecule is C/C(=C/Cn1c(Br)nc2c1c(=O)n(Cc1nc(C)c3ccccc3n1)c(=O)n2C)CCl. The van der Waals surface area contributed by atoms with Crippen LogP contribution in [-0.2, 0) is 20.1 Å². The molecule has 1 aromatic carbocycles. The van der Waals surface area contributed by atoms with E-state index in [1.54, 1.807) is 11.6 Å². The monoisotopic (exact) mass is 502 g/mol. The summed E-state index contributed by atoms with van der Waals surface area (Å²) in [5, 5.41) is 0.936. The summed E-state index contributed by atoms with van der Waals surface area (Å²) in [7, 11) is 1.59. The van der Waals surface area contributed by atoms with E-state index in [1.807, 2.05) is 44.2 Å². The Morgan fingerprint density at radius 3 is 2.65 bits per heavy atom. The minimum Gasteiger partial charge on any atom is -0.309 e. The molecule has 0 fully saturated rings. The molecule has 0 aliphatic heterocycles. The summed E-state index contributed by atoms with van der Waals surface area (Å²) in [6.45, 7) is 4.16. The Morgan fingerprint density at radius 1 is 1.16 bits per heavy atom. The zero-order valence-electron chi connectivity index (χ0n) is 17.3. The van der Waals surface area contributed by atoms with Gasteiger partial charge in [-0.15, -0.1) is 11.6 Å². The van der Waals surface area contributed by atoms with Crippen LogP contribution >= 0.6 is 27.5 Å². The first-order chi connectivity index (χ1) is 14.8. The first-order valence-electron chi connectivity index (χ1n) is 9.61. The molecule has 0 atom stereocenters. The quantitative estimate of drug-likeness (QED) is 0.237. The number of hydrogen-bond donors (Lipinski definition) is 0. The van der Waals surface area contributed by atoms with Crippen LogP contribution in [0.15, 0.2) is 50.2 Å². The number of alkyl halides is 1. The first-order valence-corrected chi connectivity index (χ1v) is 10.9. The largest absolute Gasteiger partial charge is 0.332 e. The molecule has 31 heavy (non-hydrogen) atoms. The van der Waals surface area contributed by atoms with Crippen molar-refractivity contribution in [1.82, 2.24) is 28.7 Å². The van der Waals surface area contributed by atoms with E-state index in [1.165, 1.54) is 4.57 Å². The average Bonchev–Trinajstić information content (AvgIpc) is 3.10. The number of imidazole rings is 1. The van der Waals surface area contributed by atoms with Gasteiger partial charge in [0.05, 0.1) is 12.1 Å². The van der Waals surface area contributed by atoms with Gasteiger partial charge in [0, 0.05) is 30.6 Å². The molecule has 0 unspecified atom stereocenters. The average molecular weight is 504 g/mol. The second kappa shape index (κ2) is 8.39. The molecule has 0 saturated carbocycles. The van der Waals surface area contributed by atoms with E-state index < -0.39 is 11.2 Å².